The molecule has 0 aliphatic carbocycles. The first kappa shape index (κ1) is 22.4. The molecule has 0 saturated heterocycles. The molecule has 0 amide bonds. The minimum Gasteiger partial charge on any atom is -0.476 e. The van der Waals surface area contributed by atoms with E-state index in [4.69, 9.17) is 4.74 Å². The summed E-state index contributed by atoms with van der Waals surface area (Å²) in [5, 5.41) is 0. The van der Waals surface area contributed by atoms with Crippen LogP contribution in [0.4, 0.5) is 8.78 Å². The molecule has 1 N–H and O–H groups in total. The third kappa shape index (κ3) is 10.0. The molecule has 0 radical (unpaired) electrons. The van der Waals surface area contributed by atoms with Crippen molar-refractivity contribution in [3.63, 3.8) is 0 Å². The summed E-state index contributed by atoms with van der Waals surface area (Å²) in [6, 6.07) is 2.43. The van der Waals surface area contributed by atoms with Crippen LogP contribution in [0.25, 0.3) is 0 Å². The second-order valence-corrected chi connectivity index (χ2v) is 6.99. The van der Waals surface area contributed by atoms with E-state index in [0.29, 0.717) is 15.6 Å². The molecule has 4 nitrogen and oxygen atoms in total. The molecule has 0 saturated carbocycles. The van der Waals surface area contributed by atoms with Crippen LogP contribution in [0.1, 0.15) is 13.8 Å². The first-order valence-corrected chi connectivity index (χ1v) is 9.50. The van der Waals surface area contributed by atoms with Crippen molar-refractivity contribution in [3.8, 4) is 5.88 Å². The molecule has 0 fully saturated rings. The number of aromatic amines is 1. The number of alkyl halides is 1. The number of rotatable bonds is 2. The van der Waals surface area contributed by atoms with Gasteiger partial charge in [0.05, 0.1) is 6.61 Å². The summed E-state index contributed by atoms with van der Waals surface area (Å²) in [5.74, 6) is -1.17. The Morgan fingerprint density at radius 2 is 1.78 bits per heavy atom. The van der Waals surface area contributed by atoms with Crippen molar-refractivity contribution >= 4 is 54.5 Å². The Labute approximate surface area is 163 Å². The maximum atomic E-state index is 12.8. The summed E-state index contributed by atoms with van der Waals surface area (Å²) in [6.07, 6.45) is 2.87. The highest BCUT2D eigenvalue weighted by molar-refractivity contribution is 14.1. The van der Waals surface area contributed by atoms with Gasteiger partial charge < -0.3 is 9.72 Å². The van der Waals surface area contributed by atoms with Gasteiger partial charge in [0.2, 0.25) is 5.88 Å². The van der Waals surface area contributed by atoms with Crippen molar-refractivity contribution in [2.45, 2.75) is 13.8 Å². The molecule has 2 heterocycles. The van der Waals surface area contributed by atoms with E-state index in [1.807, 2.05) is 0 Å². The molecule has 0 aliphatic rings. The summed E-state index contributed by atoms with van der Waals surface area (Å²) < 4.78 is 32.3. The average molecular weight is 568 g/mol. The zero-order chi connectivity index (χ0) is 17.8. The third-order valence-corrected chi connectivity index (χ3v) is 2.77. The summed E-state index contributed by atoms with van der Waals surface area (Å²) in [5.41, 5.74) is -0.696. The fourth-order valence-electron chi connectivity index (χ4n) is 1.08. The fourth-order valence-corrected chi connectivity index (χ4v) is 1.70. The molecule has 128 valence electrons. The molecule has 0 unspecified atom stereocenters. The number of nitrogens with one attached hydrogen (secondary N) is 1. The fraction of sp³-hybridized carbons (Fsp3) is 0.286. The number of hydrogen-bond acceptors (Lipinski definition) is 3. The van der Waals surface area contributed by atoms with E-state index in [2.05, 4.69) is 71.3 Å². The van der Waals surface area contributed by atoms with Crippen molar-refractivity contribution in [3.05, 3.63) is 55.5 Å². The molecule has 0 aliphatic heterocycles. The summed E-state index contributed by atoms with van der Waals surface area (Å²) in [4.78, 5) is 16.2. The lowest BCUT2D eigenvalue weighted by atomic mass is 10.5. The first-order chi connectivity index (χ1) is 10.8. The topological polar surface area (TPSA) is 55.0 Å². The predicted molar refractivity (Wildman–Crippen MR) is 102 cm³/mol. The van der Waals surface area contributed by atoms with Gasteiger partial charge in [-0.25, -0.2) is 13.8 Å². The predicted octanol–water partition coefficient (Wildman–Crippen LogP) is 5.10. The van der Waals surface area contributed by atoms with Crippen molar-refractivity contribution in [2.24, 2.45) is 0 Å². The molecule has 23 heavy (non-hydrogen) atoms. The van der Waals surface area contributed by atoms with Crippen molar-refractivity contribution in [1.82, 2.24) is 9.97 Å². The van der Waals surface area contributed by atoms with E-state index in [1.54, 1.807) is 6.92 Å². The van der Waals surface area contributed by atoms with E-state index in [0.717, 1.165) is 6.07 Å². The number of nitrogens with zero attached hydrogens (tertiary/aromatic N) is 1. The number of H-pyrrole nitrogens is 1. The highest BCUT2D eigenvalue weighted by Crippen LogP contribution is 2.17. The molecular formula is C14H15Br2F2IN2O2. The zero-order valence-electron chi connectivity index (χ0n) is 12.4. The quantitative estimate of drug-likeness (QED) is 0.406. The second-order valence-electron chi connectivity index (χ2n) is 3.64. The van der Waals surface area contributed by atoms with Gasteiger partial charge in [-0.2, -0.15) is 0 Å². The van der Waals surface area contributed by atoms with E-state index in [9.17, 15) is 13.6 Å². The molecule has 2 rings (SSSR count). The summed E-state index contributed by atoms with van der Waals surface area (Å²) in [6.45, 7) is 4.31. The van der Waals surface area contributed by atoms with Gasteiger partial charge in [0.15, 0.2) is 11.6 Å². The van der Waals surface area contributed by atoms with Crippen LogP contribution in [0, 0.1) is 11.6 Å². The number of pyridine rings is 2. The lowest BCUT2D eigenvalue weighted by molar-refractivity contribution is 0.307. The molecule has 9 heteroatoms. The van der Waals surface area contributed by atoms with E-state index in [-0.39, 0.29) is 5.88 Å². The van der Waals surface area contributed by atoms with Crippen LogP contribution < -0.4 is 10.3 Å². The summed E-state index contributed by atoms with van der Waals surface area (Å²) >= 11 is 8.36. The number of halogens is 5. The smallest absolute Gasteiger partial charge is 0.284 e. The maximum absolute atomic E-state index is 12.8. The first-order valence-electron chi connectivity index (χ1n) is 6.39. The molecule has 0 bridgehead atoms. The van der Waals surface area contributed by atoms with Crippen molar-refractivity contribution in [1.29, 1.82) is 0 Å². The van der Waals surface area contributed by atoms with Crippen LogP contribution in [0.2, 0.25) is 0 Å². The van der Waals surface area contributed by atoms with Gasteiger partial charge in [-0.15, -0.1) is 0 Å². The Morgan fingerprint density at radius 1 is 1.22 bits per heavy atom. The maximum Gasteiger partial charge on any atom is 0.284 e. The number of aromatic nitrogens is 2. The van der Waals surface area contributed by atoms with Gasteiger partial charge >= 0.3 is 0 Å². The molecular weight excluding hydrogens is 553 g/mol. The van der Waals surface area contributed by atoms with Crippen LogP contribution in [0.5, 0.6) is 5.88 Å². The molecule has 0 aromatic carbocycles. The highest BCUT2D eigenvalue weighted by atomic mass is 127. The SMILES string of the molecule is CCI.CCOc1ncc(Br)cc1F.O=c1[nH]cc(Br)cc1F. The molecule has 2 aromatic heterocycles. The van der Waals surface area contributed by atoms with Gasteiger partial charge in [0.25, 0.3) is 5.56 Å². The van der Waals surface area contributed by atoms with Crippen LogP contribution >= 0.6 is 54.5 Å². The Kier molecular flexibility index (Phi) is 12.5. The van der Waals surface area contributed by atoms with Crippen molar-refractivity contribution < 1.29 is 13.5 Å². The lowest BCUT2D eigenvalue weighted by Crippen LogP contribution is -2.08. The monoisotopic (exact) mass is 566 g/mol. The average Bonchev–Trinajstić information content (AvgIpc) is 2.48. The van der Waals surface area contributed by atoms with Gasteiger partial charge in [-0.1, -0.05) is 29.5 Å². The molecule has 0 atom stereocenters. The lowest BCUT2D eigenvalue weighted by Gasteiger charge is -2.01. The third-order valence-electron chi connectivity index (χ3n) is 1.88. The van der Waals surface area contributed by atoms with Gasteiger partial charge in [0.1, 0.15) is 0 Å². The standard InChI is InChI=1S/C7H7BrFNO.C5H3BrFNO.C2H5I/c1-2-11-7-6(9)3-5(8)4-10-7;6-3-1-4(7)5(9)8-2-3;1-2-3/h3-4H,2H2,1H3;1-2H,(H,8,9);2H2,1H3. The Hall–Kier alpha value is -0.550. The van der Waals surface area contributed by atoms with E-state index >= 15 is 0 Å². The molecule has 0 spiro atoms. The highest BCUT2D eigenvalue weighted by Gasteiger charge is 2.03. The summed E-state index contributed by atoms with van der Waals surface area (Å²) in [7, 11) is 0. The van der Waals surface area contributed by atoms with E-state index < -0.39 is 17.2 Å². The molecule has 2 aromatic rings. The van der Waals surface area contributed by atoms with Gasteiger partial charge in [-0.3, -0.25) is 4.79 Å². The van der Waals surface area contributed by atoms with Gasteiger partial charge in [-0.05, 0) is 55.3 Å². The van der Waals surface area contributed by atoms with Crippen LogP contribution in [0.3, 0.4) is 0 Å². The van der Waals surface area contributed by atoms with Crippen LogP contribution in [0.15, 0.2) is 38.3 Å². The van der Waals surface area contributed by atoms with Crippen LogP contribution in [-0.2, 0) is 0 Å². The van der Waals surface area contributed by atoms with E-state index in [1.165, 1.54) is 22.9 Å². The minimum absolute atomic E-state index is 0.0516. The normalized spacial score (nSPS) is 9.17. The number of ether oxygens (including phenoxy) is 1. The van der Waals surface area contributed by atoms with Crippen LogP contribution in [-0.4, -0.2) is 21.0 Å². The van der Waals surface area contributed by atoms with Gasteiger partial charge in [0, 0.05) is 21.3 Å². The zero-order valence-corrected chi connectivity index (χ0v) is 17.7. The van der Waals surface area contributed by atoms with Crippen molar-refractivity contribution in [2.75, 3.05) is 11.0 Å². The minimum atomic E-state index is -0.774. The number of hydrogen-bond donors (Lipinski definition) is 1. The Morgan fingerprint density at radius 3 is 2.22 bits per heavy atom. The Balaban J connectivity index is 0.000000365. The second kappa shape index (κ2) is 12.8. The Bertz CT molecular complexity index is 657. The largest absolute Gasteiger partial charge is 0.476 e.